The van der Waals surface area contributed by atoms with Crippen LogP contribution in [0.5, 0.6) is 0 Å². The Balaban J connectivity index is 1.41. The van der Waals surface area contributed by atoms with Gasteiger partial charge in [0.1, 0.15) is 5.76 Å². The van der Waals surface area contributed by atoms with E-state index in [2.05, 4.69) is 10.2 Å². The molecule has 1 atom stereocenters. The molecule has 2 fully saturated rings. The summed E-state index contributed by atoms with van der Waals surface area (Å²) in [7, 11) is -3.57. The maximum Gasteiger partial charge on any atom is 0.251 e. The molecule has 2 saturated heterocycles. The number of hydrogen-bond acceptors (Lipinski definition) is 6. The van der Waals surface area contributed by atoms with E-state index in [9.17, 15) is 13.2 Å². The standard InChI is InChI=1S/C22H29N3O5S/c26-22(23-17-20(21-5-4-14-30-21)24-10-2-1-3-11-24)18-6-8-19(9-7-18)31(27,28)25-12-15-29-16-13-25/h4-9,14,20H,1-3,10-13,15-17H2,(H,23,26)/t20-/m1/s1. The molecule has 1 aromatic carbocycles. The number of ether oxygens (including phenoxy) is 1. The van der Waals surface area contributed by atoms with Crippen molar-refractivity contribution < 1.29 is 22.4 Å². The third-order valence-corrected chi connectivity index (χ3v) is 7.80. The van der Waals surface area contributed by atoms with Crippen LogP contribution in [0.1, 0.15) is 41.4 Å². The van der Waals surface area contributed by atoms with E-state index in [4.69, 9.17) is 9.15 Å². The minimum Gasteiger partial charge on any atom is -0.468 e. The topological polar surface area (TPSA) is 92.1 Å². The molecule has 31 heavy (non-hydrogen) atoms. The molecule has 0 bridgehead atoms. The number of nitrogens with one attached hydrogen (secondary N) is 1. The highest BCUT2D eigenvalue weighted by Crippen LogP contribution is 2.25. The van der Waals surface area contributed by atoms with E-state index in [1.165, 1.54) is 22.9 Å². The third kappa shape index (κ3) is 5.17. The molecule has 1 amide bonds. The summed E-state index contributed by atoms with van der Waals surface area (Å²) in [4.78, 5) is 15.3. The predicted octanol–water partition coefficient (Wildman–Crippen LogP) is 2.26. The van der Waals surface area contributed by atoms with Gasteiger partial charge in [-0.15, -0.1) is 0 Å². The minimum absolute atomic E-state index is 0.0137. The Morgan fingerprint density at radius 3 is 2.35 bits per heavy atom. The molecule has 0 saturated carbocycles. The van der Waals surface area contributed by atoms with E-state index in [0.29, 0.717) is 38.4 Å². The summed E-state index contributed by atoms with van der Waals surface area (Å²) in [6.45, 7) is 3.87. The van der Waals surface area contributed by atoms with Crippen molar-refractivity contribution in [1.82, 2.24) is 14.5 Å². The Hall–Kier alpha value is -2.20. The van der Waals surface area contributed by atoms with Gasteiger partial charge in [0.2, 0.25) is 10.0 Å². The van der Waals surface area contributed by atoms with Crippen LogP contribution in [0.3, 0.4) is 0 Å². The summed E-state index contributed by atoms with van der Waals surface area (Å²) in [6.07, 6.45) is 5.17. The number of nitrogens with zero attached hydrogens (tertiary/aromatic N) is 2. The maximum absolute atomic E-state index is 12.7. The van der Waals surface area contributed by atoms with Gasteiger partial charge in [-0.3, -0.25) is 9.69 Å². The lowest BCUT2D eigenvalue weighted by atomic mass is 10.1. The number of carbonyl (C=O) groups is 1. The van der Waals surface area contributed by atoms with Gasteiger partial charge in [-0.25, -0.2) is 8.42 Å². The molecule has 4 rings (SSSR count). The molecule has 2 aliphatic heterocycles. The van der Waals surface area contributed by atoms with Gasteiger partial charge in [0.25, 0.3) is 5.91 Å². The number of rotatable bonds is 7. The average molecular weight is 448 g/mol. The second-order valence-electron chi connectivity index (χ2n) is 7.88. The van der Waals surface area contributed by atoms with Gasteiger partial charge < -0.3 is 14.5 Å². The highest BCUT2D eigenvalue weighted by Gasteiger charge is 2.27. The summed E-state index contributed by atoms with van der Waals surface area (Å²) >= 11 is 0. The zero-order valence-electron chi connectivity index (χ0n) is 17.5. The molecule has 0 aliphatic carbocycles. The summed E-state index contributed by atoms with van der Waals surface area (Å²) in [5, 5.41) is 2.99. The number of morpholine rings is 1. The number of likely N-dealkylation sites (tertiary alicyclic amines) is 1. The van der Waals surface area contributed by atoms with Gasteiger partial charge in [-0.1, -0.05) is 6.42 Å². The van der Waals surface area contributed by atoms with Crippen LogP contribution in [0, 0.1) is 0 Å². The Bertz CT molecular complexity index is 948. The van der Waals surface area contributed by atoms with Gasteiger partial charge in [0, 0.05) is 25.2 Å². The lowest BCUT2D eigenvalue weighted by Gasteiger charge is -2.33. The average Bonchev–Trinajstić information content (AvgIpc) is 3.35. The third-order valence-electron chi connectivity index (χ3n) is 5.88. The molecule has 8 nitrogen and oxygen atoms in total. The minimum atomic E-state index is -3.57. The van der Waals surface area contributed by atoms with Gasteiger partial charge in [-0.2, -0.15) is 4.31 Å². The van der Waals surface area contributed by atoms with Crippen LogP contribution in [0.4, 0.5) is 0 Å². The van der Waals surface area contributed by atoms with Crippen LogP contribution in [-0.4, -0.2) is 69.5 Å². The lowest BCUT2D eigenvalue weighted by Crippen LogP contribution is -2.41. The predicted molar refractivity (Wildman–Crippen MR) is 115 cm³/mol. The normalized spacial score (nSPS) is 19.7. The number of piperidine rings is 1. The SMILES string of the molecule is O=C(NC[C@H](c1ccco1)N1CCCCC1)c1ccc(S(=O)(=O)N2CCOCC2)cc1. The van der Waals surface area contributed by atoms with Crippen molar-refractivity contribution in [3.05, 3.63) is 54.0 Å². The van der Waals surface area contributed by atoms with E-state index in [-0.39, 0.29) is 16.8 Å². The highest BCUT2D eigenvalue weighted by molar-refractivity contribution is 7.89. The molecule has 0 radical (unpaired) electrons. The molecule has 2 aromatic rings. The molecule has 168 valence electrons. The Kier molecular flexibility index (Phi) is 7.06. The first-order valence-corrected chi connectivity index (χ1v) is 12.2. The van der Waals surface area contributed by atoms with E-state index < -0.39 is 10.0 Å². The molecule has 3 heterocycles. The van der Waals surface area contributed by atoms with Crippen molar-refractivity contribution >= 4 is 15.9 Å². The number of hydrogen-bond donors (Lipinski definition) is 1. The van der Waals surface area contributed by atoms with Crippen LogP contribution in [0.15, 0.2) is 52.0 Å². The maximum atomic E-state index is 12.7. The molecule has 1 N–H and O–H groups in total. The largest absolute Gasteiger partial charge is 0.468 e. The van der Waals surface area contributed by atoms with E-state index in [0.717, 1.165) is 31.7 Å². The summed E-state index contributed by atoms with van der Waals surface area (Å²) in [5.41, 5.74) is 0.428. The van der Waals surface area contributed by atoms with Crippen molar-refractivity contribution in [1.29, 1.82) is 0 Å². The van der Waals surface area contributed by atoms with Crippen molar-refractivity contribution in [2.75, 3.05) is 45.9 Å². The fraction of sp³-hybridized carbons (Fsp3) is 0.500. The van der Waals surface area contributed by atoms with Crippen molar-refractivity contribution in [3.8, 4) is 0 Å². The number of sulfonamides is 1. The van der Waals surface area contributed by atoms with Crippen molar-refractivity contribution in [2.24, 2.45) is 0 Å². The Labute approximate surface area is 183 Å². The summed E-state index contributed by atoms with van der Waals surface area (Å²) in [5.74, 6) is 0.609. The first kappa shape index (κ1) is 22.0. The number of benzene rings is 1. The fourth-order valence-electron chi connectivity index (χ4n) is 4.13. The van der Waals surface area contributed by atoms with Crippen LogP contribution in [0.2, 0.25) is 0 Å². The fourth-order valence-corrected chi connectivity index (χ4v) is 5.53. The first-order valence-electron chi connectivity index (χ1n) is 10.8. The lowest BCUT2D eigenvalue weighted by molar-refractivity contribution is 0.0730. The number of amides is 1. The molecule has 9 heteroatoms. The number of carbonyl (C=O) groups excluding carboxylic acids is 1. The van der Waals surface area contributed by atoms with Crippen LogP contribution in [-0.2, 0) is 14.8 Å². The summed E-state index contributed by atoms with van der Waals surface area (Å²) < 4.78 is 37.8. The molecule has 2 aliphatic rings. The quantitative estimate of drug-likeness (QED) is 0.700. The zero-order chi connectivity index (χ0) is 21.7. The summed E-state index contributed by atoms with van der Waals surface area (Å²) in [6, 6.07) is 9.90. The smallest absolute Gasteiger partial charge is 0.251 e. The second kappa shape index (κ2) is 9.95. The van der Waals surface area contributed by atoms with Gasteiger partial charge in [-0.05, 0) is 62.3 Å². The van der Waals surface area contributed by atoms with Crippen molar-refractivity contribution in [3.63, 3.8) is 0 Å². The zero-order valence-corrected chi connectivity index (χ0v) is 18.4. The van der Waals surface area contributed by atoms with Crippen LogP contribution >= 0.6 is 0 Å². The van der Waals surface area contributed by atoms with E-state index >= 15 is 0 Å². The van der Waals surface area contributed by atoms with Crippen molar-refractivity contribution in [2.45, 2.75) is 30.2 Å². The molecular formula is C22H29N3O5S. The molecule has 1 aromatic heterocycles. The van der Waals surface area contributed by atoms with E-state index in [1.807, 2.05) is 12.1 Å². The van der Waals surface area contributed by atoms with Gasteiger partial charge >= 0.3 is 0 Å². The van der Waals surface area contributed by atoms with Gasteiger partial charge in [0.05, 0.1) is 30.4 Å². The Morgan fingerprint density at radius 1 is 1.00 bits per heavy atom. The Morgan fingerprint density at radius 2 is 1.71 bits per heavy atom. The number of furan rings is 1. The first-order chi connectivity index (χ1) is 15.1. The molecule has 0 unspecified atom stereocenters. The molecule has 0 spiro atoms. The second-order valence-corrected chi connectivity index (χ2v) is 9.82. The van der Waals surface area contributed by atoms with Crippen LogP contribution < -0.4 is 5.32 Å². The van der Waals surface area contributed by atoms with Crippen LogP contribution in [0.25, 0.3) is 0 Å². The van der Waals surface area contributed by atoms with Gasteiger partial charge in [0.15, 0.2) is 0 Å². The monoisotopic (exact) mass is 447 g/mol. The van der Waals surface area contributed by atoms with E-state index in [1.54, 1.807) is 18.4 Å². The molecular weight excluding hydrogens is 418 g/mol. The highest BCUT2D eigenvalue weighted by atomic mass is 32.2.